The predicted octanol–water partition coefficient (Wildman–Crippen LogP) is 6.14. The van der Waals surface area contributed by atoms with E-state index in [2.05, 4.69) is 23.3 Å². The molecule has 0 spiro atoms. The van der Waals surface area contributed by atoms with Crippen molar-refractivity contribution in [2.24, 2.45) is 0 Å². The summed E-state index contributed by atoms with van der Waals surface area (Å²) < 4.78 is 11.7. The summed E-state index contributed by atoms with van der Waals surface area (Å²) in [6, 6.07) is 0. The molecule has 5 heteroatoms. The van der Waals surface area contributed by atoms with Crippen molar-refractivity contribution in [2.45, 2.75) is 99.8 Å². The van der Waals surface area contributed by atoms with Crippen LogP contribution in [0.1, 0.15) is 90.9 Å². The topological polar surface area (TPSA) is 52.6 Å². The first-order valence-corrected chi connectivity index (χ1v) is 14.7. The molecule has 0 N–H and O–H groups in total. The molecule has 0 rings (SSSR count). The van der Waals surface area contributed by atoms with Crippen molar-refractivity contribution in [1.82, 2.24) is 0 Å². The van der Waals surface area contributed by atoms with Crippen molar-refractivity contribution in [3.05, 3.63) is 12.2 Å². The molecule has 0 saturated heterocycles. The second-order valence-corrected chi connectivity index (χ2v) is 10.9. The Morgan fingerprint density at radius 2 is 0.963 bits per heavy atom. The van der Waals surface area contributed by atoms with Crippen molar-refractivity contribution in [3.8, 4) is 0 Å². The molecular weight excluding hydrogens is 447 g/mol. The van der Waals surface area contributed by atoms with Gasteiger partial charge in [-0.05, 0) is 0 Å². The van der Waals surface area contributed by atoms with Gasteiger partial charge in [0.25, 0.3) is 0 Å². The van der Waals surface area contributed by atoms with Crippen LogP contribution in [0.2, 0.25) is 8.87 Å². The van der Waals surface area contributed by atoms with Crippen molar-refractivity contribution < 1.29 is 19.1 Å². The Balaban J connectivity index is 0. The van der Waals surface area contributed by atoms with E-state index >= 15 is 0 Å². The average Bonchev–Trinajstić information content (AvgIpc) is 2.69. The summed E-state index contributed by atoms with van der Waals surface area (Å²) in [5, 5.41) is 0. The number of hydrogen-bond donors (Lipinski definition) is 0. The SMILES string of the molecule is CCCCCCC[CH2][Sn][CH2]CCCCCCC.COC(=O)C=CC(=O)OC. The van der Waals surface area contributed by atoms with Gasteiger partial charge < -0.3 is 9.47 Å². The standard InChI is InChI=1S/2C8H17.C6H8O4.Sn/c2*1-3-5-7-8-6-4-2;1-9-5(7)3-4-6(8)10-2;/h2*1,3-8H2,2H3;3-4H,1-2H3;. The zero-order valence-electron chi connectivity index (χ0n) is 18.2. The second kappa shape index (κ2) is 25.5. The zero-order chi connectivity index (χ0) is 20.6. The van der Waals surface area contributed by atoms with E-state index in [1.54, 1.807) is 21.7 Å². The van der Waals surface area contributed by atoms with Crippen LogP contribution in [-0.4, -0.2) is 47.3 Å². The second-order valence-electron chi connectivity index (χ2n) is 6.67. The van der Waals surface area contributed by atoms with Crippen LogP contribution in [0.5, 0.6) is 0 Å². The minimum absolute atomic E-state index is 0.0736. The molecule has 0 fully saturated rings. The molecule has 0 aromatic heterocycles. The Labute approximate surface area is 178 Å². The molecule has 0 saturated carbocycles. The summed E-state index contributed by atoms with van der Waals surface area (Å²) in [5.41, 5.74) is 0. The molecular formula is C22H42O4Sn. The minimum atomic E-state index is -0.578. The van der Waals surface area contributed by atoms with Gasteiger partial charge in [-0.1, -0.05) is 0 Å². The van der Waals surface area contributed by atoms with E-state index in [0.717, 1.165) is 12.2 Å². The van der Waals surface area contributed by atoms with Crippen LogP contribution in [0.15, 0.2) is 12.2 Å². The van der Waals surface area contributed by atoms with Gasteiger partial charge in [0.1, 0.15) is 0 Å². The zero-order valence-corrected chi connectivity index (χ0v) is 21.0. The Hall–Kier alpha value is -0.521. The maximum Gasteiger partial charge on any atom is 0.330 e. The molecule has 0 bridgehead atoms. The van der Waals surface area contributed by atoms with E-state index in [9.17, 15) is 9.59 Å². The number of carbonyl (C=O) groups is 2. The largest absolute Gasteiger partial charge is 0.466 e. The molecule has 0 unspecified atom stereocenters. The van der Waals surface area contributed by atoms with Crippen molar-refractivity contribution in [3.63, 3.8) is 0 Å². The molecule has 158 valence electrons. The fourth-order valence-corrected chi connectivity index (χ4v) is 6.03. The Kier molecular flexibility index (Phi) is 27.1. The van der Waals surface area contributed by atoms with E-state index in [0.29, 0.717) is 0 Å². The summed E-state index contributed by atoms with van der Waals surface area (Å²) in [6.07, 6.45) is 19.8. The fourth-order valence-electron chi connectivity index (χ4n) is 2.46. The minimum Gasteiger partial charge on any atom is -0.466 e. The molecule has 0 amide bonds. The van der Waals surface area contributed by atoms with E-state index in [1.165, 1.54) is 78.4 Å². The Bertz CT molecular complexity index is 324. The van der Waals surface area contributed by atoms with Gasteiger partial charge in [0.05, 0.1) is 14.2 Å². The number of esters is 2. The molecule has 4 nitrogen and oxygen atoms in total. The summed E-state index contributed by atoms with van der Waals surface area (Å²) >= 11 is 0.0736. The van der Waals surface area contributed by atoms with Gasteiger partial charge in [-0.25, -0.2) is 9.59 Å². The summed E-state index contributed by atoms with van der Waals surface area (Å²) in [7, 11) is 2.45. The number of carbonyl (C=O) groups excluding carboxylic acids is 2. The van der Waals surface area contributed by atoms with Crippen LogP contribution in [0.3, 0.4) is 0 Å². The van der Waals surface area contributed by atoms with Gasteiger partial charge in [-0.3, -0.25) is 0 Å². The number of hydrogen-bond acceptors (Lipinski definition) is 4. The van der Waals surface area contributed by atoms with Gasteiger partial charge in [0.2, 0.25) is 0 Å². The normalized spacial score (nSPS) is 10.4. The third-order valence-corrected chi connectivity index (χ3v) is 8.21. The smallest absolute Gasteiger partial charge is 0.330 e. The number of ether oxygens (including phenoxy) is 2. The summed E-state index contributed by atoms with van der Waals surface area (Å²) in [5.74, 6) is -1.16. The number of unbranched alkanes of at least 4 members (excludes halogenated alkanes) is 10. The van der Waals surface area contributed by atoms with Crippen molar-refractivity contribution in [2.75, 3.05) is 14.2 Å². The van der Waals surface area contributed by atoms with E-state index < -0.39 is 11.9 Å². The van der Waals surface area contributed by atoms with E-state index in [-0.39, 0.29) is 21.1 Å². The van der Waals surface area contributed by atoms with Gasteiger partial charge in [0.15, 0.2) is 0 Å². The molecule has 0 aliphatic rings. The van der Waals surface area contributed by atoms with Crippen molar-refractivity contribution in [1.29, 1.82) is 0 Å². The Morgan fingerprint density at radius 3 is 1.30 bits per heavy atom. The summed E-state index contributed by atoms with van der Waals surface area (Å²) in [6.45, 7) is 4.60. The number of rotatable bonds is 16. The monoisotopic (exact) mass is 490 g/mol. The molecule has 0 aromatic rings. The fraction of sp³-hybridized carbons (Fsp3) is 0.818. The first-order valence-electron chi connectivity index (χ1n) is 10.7. The summed E-state index contributed by atoms with van der Waals surface area (Å²) in [4.78, 5) is 20.6. The average molecular weight is 489 g/mol. The van der Waals surface area contributed by atoms with Gasteiger partial charge >= 0.3 is 133 Å². The third-order valence-electron chi connectivity index (χ3n) is 4.17. The number of methoxy groups -OCH3 is 2. The quantitative estimate of drug-likeness (QED) is 0.113. The Morgan fingerprint density at radius 1 is 0.630 bits per heavy atom. The maximum atomic E-state index is 10.3. The molecule has 0 atom stereocenters. The maximum absolute atomic E-state index is 10.3. The third kappa shape index (κ3) is 27.8. The van der Waals surface area contributed by atoms with Crippen LogP contribution in [0.25, 0.3) is 0 Å². The van der Waals surface area contributed by atoms with Gasteiger partial charge in [-0.2, -0.15) is 0 Å². The molecule has 0 aliphatic heterocycles. The molecule has 0 aromatic carbocycles. The van der Waals surface area contributed by atoms with Crippen LogP contribution in [0.4, 0.5) is 0 Å². The molecule has 2 radical (unpaired) electrons. The first-order chi connectivity index (χ1) is 13.1. The van der Waals surface area contributed by atoms with Gasteiger partial charge in [-0.15, -0.1) is 0 Å². The predicted molar refractivity (Wildman–Crippen MR) is 115 cm³/mol. The first kappa shape index (κ1) is 28.7. The van der Waals surface area contributed by atoms with Crippen LogP contribution in [-0.2, 0) is 19.1 Å². The molecule has 0 aliphatic carbocycles. The van der Waals surface area contributed by atoms with E-state index in [4.69, 9.17) is 0 Å². The van der Waals surface area contributed by atoms with Crippen LogP contribution < -0.4 is 0 Å². The molecule has 0 heterocycles. The van der Waals surface area contributed by atoms with Crippen LogP contribution >= 0.6 is 0 Å². The molecule has 27 heavy (non-hydrogen) atoms. The van der Waals surface area contributed by atoms with E-state index in [1.807, 2.05) is 0 Å². The van der Waals surface area contributed by atoms with Gasteiger partial charge in [0, 0.05) is 12.2 Å². The van der Waals surface area contributed by atoms with Crippen molar-refractivity contribution >= 4 is 33.1 Å². The van der Waals surface area contributed by atoms with Crippen LogP contribution in [0, 0.1) is 0 Å².